The topological polar surface area (TPSA) is 6.48 Å². The Morgan fingerprint density at radius 1 is 1.26 bits per heavy atom. The number of likely N-dealkylation sites (N-methyl/N-ethyl adjacent to an activating group) is 2. The smallest absolute Gasteiger partial charge is 0.305 e. The van der Waals surface area contributed by atoms with Gasteiger partial charge in [-0.3, -0.25) is 0 Å². The van der Waals surface area contributed by atoms with Crippen LogP contribution in [0.25, 0.3) is 0 Å². The third-order valence-corrected chi connectivity index (χ3v) is 5.08. The average molecular weight is 349 g/mol. The van der Waals surface area contributed by atoms with Gasteiger partial charge in [-0.25, -0.2) is 0 Å². The molecule has 130 valence electrons. The van der Waals surface area contributed by atoms with Gasteiger partial charge in [-0.1, -0.05) is 11.6 Å². The van der Waals surface area contributed by atoms with Crippen LogP contribution in [0.5, 0.6) is 0 Å². The minimum absolute atomic E-state index is 0.00765. The van der Waals surface area contributed by atoms with Crippen molar-refractivity contribution in [2.45, 2.75) is 37.4 Å². The Morgan fingerprint density at radius 3 is 2.52 bits per heavy atom. The van der Waals surface area contributed by atoms with E-state index in [1.807, 2.05) is 0 Å². The summed E-state index contributed by atoms with van der Waals surface area (Å²) in [5, 5.41) is 0.148. The van der Waals surface area contributed by atoms with Crippen LogP contribution in [0.1, 0.15) is 30.4 Å². The summed E-state index contributed by atoms with van der Waals surface area (Å²) in [6.07, 6.45) is -0.767. The lowest BCUT2D eigenvalue weighted by Gasteiger charge is -2.46. The Balaban J connectivity index is 2.17. The van der Waals surface area contributed by atoms with Gasteiger partial charge in [0.2, 0.25) is 0 Å². The average Bonchev–Trinajstić information content (AvgIpc) is 2.43. The second-order valence-corrected chi connectivity index (χ2v) is 7.24. The van der Waals surface area contributed by atoms with Gasteiger partial charge in [0.1, 0.15) is 0 Å². The molecule has 6 heteroatoms. The predicted octanol–water partition coefficient (Wildman–Crippen LogP) is 4.32. The van der Waals surface area contributed by atoms with Crippen LogP contribution in [0.2, 0.25) is 5.02 Å². The lowest BCUT2D eigenvalue weighted by Crippen LogP contribution is -2.55. The molecule has 0 bridgehead atoms. The van der Waals surface area contributed by atoms with Gasteiger partial charge in [0, 0.05) is 17.1 Å². The summed E-state index contributed by atoms with van der Waals surface area (Å²) in [5.74, 6) is 0. The molecule has 1 heterocycles. The fourth-order valence-corrected chi connectivity index (χ4v) is 3.72. The number of nitrogens with zero attached hydrogens (tertiary/aromatic N) is 2. The molecule has 1 fully saturated rings. The van der Waals surface area contributed by atoms with Crippen molar-refractivity contribution in [3.8, 4) is 0 Å². The Morgan fingerprint density at radius 2 is 1.96 bits per heavy atom. The molecule has 1 aromatic carbocycles. The number of rotatable bonds is 4. The van der Waals surface area contributed by atoms with Crippen LogP contribution in [0.3, 0.4) is 0 Å². The normalized spacial score (nSPS) is 23.5. The number of piperidine rings is 1. The summed E-state index contributed by atoms with van der Waals surface area (Å²) in [6, 6.07) is 3.86. The van der Waals surface area contributed by atoms with Crippen molar-refractivity contribution in [3.05, 3.63) is 34.3 Å². The van der Waals surface area contributed by atoms with Crippen molar-refractivity contribution in [1.29, 1.82) is 0 Å². The Kier molecular flexibility index (Phi) is 5.64. The molecule has 1 aliphatic heterocycles. The van der Waals surface area contributed by atoms with Crippen LogP contribution >= 0.6 is 11.6 Å². The molecule has 1 aromatic rings. The van der Waals surface area contributed by atoms with Crippen molar-refractivity contribution in [2.24, 2.45) is 0 Å². The van der Waals surface area contributed by atoms with Gasteiger partial charge in [0.05, 0.1) is 5.56 Å². The minimum Gasteiger partial charge on any atom is -0.305 e. The third-order valence-electron chi connectivity index (χ3n) is 4.86. The van der Waals surface area contributed by atoms with E-state index in [2.05, 4.69) is 30.9 Å². The fourth-order valence-electron chi connectivity index (χ4n) is 3.47. The second-order valence-electron chi connectivity index (χ2n) is 6.81. The highest BCUT2D eigenvalue weighted by Gasteiger charge is 2.36. The Bertz CT molecular complexity index is 545. The molecular weight excluding hydrogens is 325 g/mol. The molecule has 2 rings (SSSR count). The highest BCUT2D eigenvalue weighted by molar-refractivity contribution is 6.30. The molecule has 0 spiro atoms. The van der Waals surface area contributed by atoms with Gasteiger partial charge in [-0.05, 0) is 77.1 Å². The Labute approximate surface area is 141 Å². The van der Waals surface area contributed by atoms with E-state index in [0.717, 1.165) is 38.4 Å². The molecule has 1 atom stereocenters. The van der Waals surface area contributed by atoms with Crippen molar-refractivity contribution < 1.29 is 13.2 Å². The summed E-state index contributed by atoms with van der Waals surface area (Å²) >= 11 is 5.88. The summed E-state index contributed by atoms with van der Waals surface area (Å²) in [7, 11) is 6.20. The number of aryl methyl sites for hydroxylation is 1. The molecule has 0 aromatic heterocycles. The molecule has 0 unspecified atom stereocenters. The summed E-state index contributed by atoms with van der Waals surface area (Å²) in [4.78, 5) is 4.51. The standard InChI is InChI=1S/C17H24ClF3N2/c1-22(2)16(6-4-8-23(3)12-16)7-5-13-9-14(17(19,20)21)11-15(18)10-13/h9-11H,4-8,12H2,1-3H3/t16-/m1/s1. The van der Waals surface area contributed by atoms with Gasteiger partial charge in [0.25, 0.3) is 0 Å². The molecule has 0 saturated carbocycles. The van der Waals surface area contributed by atoms with E-state index in [0.29, 0.717) is 12.0 Å². The summed E-state index contributed by atoms with van der Waals surface area (Å²) in [5.41, 5.74) is -0.00722. The lowest BCUT2D eigenvalue weighted by atomic mass is 9.82. The van der Waals surface area contributed by atoms with E-state index in [-0.39, 0.29) is 10.6 Å². The quantitative estimate of drug-likeness (QED) is 0.799. The molecule has 2 nitrogen and oxygen atoms in total. The maximum atomic E-state index is 12.9. The highest BCUT2D eigenvalue weighted by atomic mass is 35.5. The molecule has 1 saturated heterocycles. The van der Waals surface area contributed by atoms with Crippen LogP contribution in [0.4, 0.5) is 13.2 Å². The first-order valence-corrected chi connectivity index (χ1v) is 8.23. The number of hydrogen-bond donors (Lipinski definition) is 0. The van der Waals surface area contributed by atoms with E-state index >= 15 is 0 Å². The van der Waals surface area contributed by atoms with E-state index in [1.165, 1.54) is 6.07 Å². The van der Waals surface area contributed by atoms with Crippen molar-refractivity contribution in [1.82, 2.24) is 9.80 Å². The van der Waals surface area contributed by atoms with E-state index in [1.54, 1.807) is 6.07 Å². The number of halogens is 4. The number of benzene rings is 1. The first kappa shape index (κ1) is 18.6. The van der Waals surface area contributed by atoms with Gasteiger partial charge < -0.3 is 9.80 Å². The predicted molar refractivity (Wildman–Crippen MR) is 87.9 cm³/mol. The van der Waals surface area contributed by atoms with Crippen LogP contribution in [0, 0.1) is 0 Å². The van der Waals surface area contributed by atoms with Crippen LogP contribution in [0.15, 0.2) is 18.2 Å². The molecule has 0 N–H and O–H groups in total. The van der Waals surface area contributed by atoms with Gasteiger partial charge in [-0.15, -0.1) is 0 Å². The zero-order valence-electron chi connectivity index (χ0n) is 13.9. The van der Waals surface area contributed by atoms with Crippen LogP contribution in [-0.4, -0.2) is 49.6 Å². The van der Waals surface area contributed by atoms with Gasteiger partial charge in [0.15, 0.2) is 0 Å². The molecule has 0 radical (unpaired) electrons. The molecule has 0 amide bonds. The summed E-state index contributed by atoms with van der Waals surface area (Å²) in [6.45, 7) is 2.01. The van der Waals surface area contributed by atoms with Crippen LogP contribution < -0.4 is 0 Å². The molecule has 1 aliphatic rings. The SMILES string of the molecule is CN1CCC[C@](CCc2cc(Cl)cc(C(F)(F)F)c2)(N(C)C)C1. The summed E-state index contributed by atoms with van der Waals surface area (Å²) < 4.78 is 38.8. The van der Waals surface area contributed by atoms with E-state index in [9.17, 15) is 13.2 Å². The van der Waals surface area contributed by atoms with Crippen molar-refractivity contribution in [3.63, 3.8) is 0 Å². The zero-order valence-corrected chi connectivity index (χ0v) is 14.6. The second kappa shape index (κ2) is 6.99. The maximum Gasteiger partial charge on any atom is 0.416 e. The molecular formula is C17H24ClF3N2. The van der Waals surface area contributed by atoms with E-state index in [4.69, 9.17) is 11.6 Å². The van der Waals surface area contributed by atoms with E-state index < -0.39 is 11.7 Å². The van der Waals surface area contributed by atoms with Gasteiger partial charge in [-0.2, -0.15) is 13.2 Å². The van der Waals surface area contributed by atoms with Crippen molar-refractivity contribution in [2.75, 3.05) is 34.2 Å². The highest BCUT2D eigenvalue weighted by Crippen LogP contribution is 2.34. The van der Waals surface area contributed by atoms with Crippen molar-refractivity contribution >= 4 is 11.6 Å². The largest absolute Gasteiger partial charge is 0.416 e. The lowest BCUT2D eigenvalue weighted by molar-refractivity contribution is -0.137. The minimum atomic E-state index is -4.36. The number of likely N-dealkylation sites (tertiary alicyclic amines) is 1. The van der Waals surface area contributed by atoms with Crippen LogP contribution in [-0.2, 0) is 12.6 Å². The monoisotopic (exact) mass is 348 g/mol. The first-order valence-electron chi connectivity index (χ1n) is 7.85. The zero-order chi connectivity index (χ0) is 17.3. The number of hydrogen-bond acceptors (Lipinski definition) is 2. The maximum absolute atomic E-state index is 12.9. The molecule has 0 aliphatic carbocycles. The first-order chi connectivity index (χ1) is 10.6. The van der Waals surface area contributed by atoms with Gasteiger partial charge >= 0.3 is 6.18 Å². The Hall–Kier alpha value is -0.780. The fraction of sp³-hybridized carbons (Fsp3) is 0.647. The molecule has 23 heavy (non-hydrogen) atoms. The number of alkyl halides is 3. The third kappa shape index (κ3) is 4.61.